The van der Waals surface area contributed by atoms with Gasteiger partial charge in [-0.15, -0.1) is 11.8 Å². The Labute approximate surface area is 149 Å². The van der Waals surface area contributed by atoms with Gasteiger partial charge in [0.2, 0.25) is 11.8 Å². The van der Waals surface area contributed by atoms with E-state index in [4.69, 9.17) is 0 Å². The molecule has 1 rings (SSSR count). The molecule has 4 nitrogen and oxygen atoms in total. The van der Waals surface area contributed by atoms with E-state index in [9.17, 15) is 9.59 Å². The number of carbonyl (C=O) groups excluding carboxylic acids is 2. The number of hydrogen-bond donors (Lipinski definition) is 2. The Morgan fingerprint density at radius 2 is 1.73 bits per heavy atom. The molecule has 0 atom stereocenters. The van der Waals surface area contributed by atoms with Gasteiger partial charge in [-0.25, -0.2) is 0 Å². The van der Waals surface area contributed by atoms with Crippen LogP contribution in [0.15, 0.2) is 0 Å². The summed E-state index contributed by atoms with van der Waals surface area (Å²) in [6.45, 7) is 4.92. The van der Waals surface area contributed by atoms with Crippen LogP contribution in [0.4, 0.5) is 0 Å². The molecule has 6 heteroatoms. The lowest BCUT2D eigenvalue weighted by Crippen LogP contribution is -2.35. The first-order valence-electron chi connectivity index (χ1n) is 8.29. The van der Waals surface area contributed by atoms with E-state index in [2.05, 4.69) is 24.5 Å². The van der Waals surface area contributed by atoms with Gasteiger partial charge in [0, 0.05) is 15.4 Å². The molecule has 134 valence electrons. The number of thioether (sulfide) groups is 1. The second-order valence-electron chi connectivity index (χ2n) is 5.86. The average molecular weight is 353 g/mol. The van der Waals surface area contributed by atoms with Crippen molar-refractivity contribution in [2.45, 2.75) is 64.8 Å². The fourth-order valence-corrected chi connectivity index (χ4v) is 3.42. The highest BCUT2D eigenvalue weighted by molar-refractivity contribution is 8.00. The number of nitrogens with one attached hydrogen (secondary N) is 2. The lowest BCUT2D eigenvalue weighted by molar-refractivity contribution is -0.119. The lowest BCUT2D eigenvalue weighted by Gasteiger charge is -2.14. The molecule has 1 saturated carbocycles. The molecule has 1 aliphatic rings. The third-order valence-corrected chi connectivity index (χ3v) is 5.10. The van der Waals surface area contributed by atoms with E-state index in [0.717, 1.165) is 31.7 Å². The fraction of sp³-hybridized carbons (Fsp3) is 0.875. The summed E-state index contributed by atoms with van der Waals surface area (Å²) in [4.78, 5) is 23.3. The van der Waals surface area contributed by atoms with Gasteiger partial charge in [-0.3, -0.25) is 9.59 Å². The minimum atomic E-state index is 0. The minimum absolute atomic E-state index is 0. The third-order valence-electron chi connectivity index (χ3n) is 4.17. The quantitative estimate of drug-likeness (QED) is 0.634. The van der Waals surface area contributed by atoms with Gasteiger partial charge in [0.25, 0.3) is 0 Å². The van der Waals surface area contributed by atoms with Crippen molar-refractivity contribution in [2.24, 2.45) is 5.92 Å². The molecule has 0 radical (unpaired) electrons. The Kier molecular flexibility index (Phi) is 12.9. The largest absolute Gasteiger partial charge is 0.355 e. The molecule has 1 aliphatic carbocycles. The van der Waals surface area contributed by atoms with Crippen molar-refractivity contribution in [3.8, 4) is 0 Å². The van der Waals surface area contributed by atoms with Crippen molar-refractivity contribution in [3.05, 3.63) is 0 Å². The van der Waals surface area contributed by atoms with Crippen molar-refractivity contribution in [1.82, 2.24) is 10.6 Å². The minimum Gasteiger partial charge on any atom is -0.355 e. The fourth-order valence-electron chi connectivity index (χ4n) is 2.76. The maximum Gasteiger partial charge on any atom is 0.230 e. The highest BCUT2D eigenvalue weighted by atomic mass is 32.2. The second kappa shape index (κ2) is 13.1. The van der Waals surface area contributed by atoms with Crippen molar-refractivity contribution >= 4 is 37.1 Å². The Hall–Kier alpha value is -0.360. The Morgan fingerprint density at radius 1 is 1.14 bits per heavy atom. The Balaban J connectivity index is -0.00000147. The van der Waals surface area contributed by atoms with Crippen LogP contribution in [0.25, 0.3) is 0 Å². The predicted molar refractivity (Wildman–Crippen MR) is 104 cm³/mol. The number of rotatable bonds is 10. The van der Waals surface area contributed by atoms with E-state index < -0.39 is 0 Å². The van der Waals surface area contributed by atoms with Crippen LogP contribution >= 0.6 is 25.3 Å². The number of hydrogen-bond acceptors (Lipinski definition) is 3. The molecule has 0 aromatic heterocycles. The maximum atomic E-state index is 11.7. The molecule has 0 heterocycles. The molecule has 0 bridgehead atoms. The lowest BCUT2D eigenvalue weighted by atomic mass is 10.0. The van der Waals surface area contributed by atoms with Crippen molar-refractivity contribution in [3.63, 3.8) is 0 Å². The molecular formula is C16H36N2O2S2. The van der Waals surface area contributed by atoms with Gasteiger partial charge >= 0.3 is 0 Å². The first-order chi connectivity index (χ1) is 10.2. The zero-order chi connectivity index (χ0) is 15.5. The molecule has 1 fully saturated rings. The first kappa shape index (κ1) is 21.6. The Morgan fingerprint density at radius 3 is 2.32 bits per heavy atom. The summed E-state index contributed by atoms with van der Waals surface area (Å²) < 4.78 is 0. The van der Waals surface area contributed by atoms with Crippen molar-refractivity contribution < 1.29 is 12.4 Å². The first-order valence-corrected chi connectivity index (χ1v) is 9.45. The summed E-state index contributed by atoms with van der Waals surface area (Å²) in [6.07, 6.45) is 8.34. The van der Waals surface area contributed by atoms with Gasteiger partial charge in [-0.05, 0) is 25.2 Å². The van der Waals surface area contributed by atoms with E-state index in [1.165, 1.54) is 37.4 Å². The standard InChI is InChI=1S/C16H30N2O2S.H2S.2H2/c1-3-14(4-2)18-16(20)12-21-11-15(19)17-10-9-13-7-5-6-8-13;;;/h13-14H,3-12H2,1-2H3,(H,17,19)(H,18,20);1H2;2*1H. The summed E-state index contributed by atoms with van der Waals surface area (Å²) in [5.74, 6) is 1.64. The van der Waals surface area contributed by atoms with Crippen molar-refractivity contribution in [1.29, 1.82) is 0 Å². The van der Waals surface area contributed by atoms with Crippen LogP contribution in [0.2, 0.25) is 0 Å². The number of carbonyl (C=O) groups is 2. The highest BCUT2D eigenvalue weighted by Gasteiger charge is 2.15. The van der Waals surface area contributed by atoms with Crippen LogP contribution in [0, 0.1) is 5.92 Å². The summed E-state index contributed by atoms with van der Waals surface area (Å²) in [5.41, 5.74) is 0. The summed E-state index contributed by atoms with van der Waals surface area (Å²) >= 11 is 1.39. The molecule has 0 aromatic carbocycles. The Bertz CT molecular complexity index is 327. The van der Waals surface area contributed by atoms with E-state index >= 15 is 0 Å². The van der Waals surface area contributed by atoms with E-state index in [0.29, 0.717) is 11.5 Å². The van der Waals surface area contributed by atoms with Crippen LogP contribution in [0.5, 0.6) is 0 Å². The molecule has 22 heavy (non-hydrogen) atoms. The van der Waals surface area contributed by atoms with Gasteiger partial charge in [0.05, 0.1) is 11.5 Å². The summed E-state index contributed by atoms with van der Waals surface area (Å²) in [6, 6.07) is 0.262. The molecular weight excluding hydrogens is 316 g/mol. The van der Waals surface area contributed by atoms with Gasteiger partial charge in [-0.2, -0.15) is 13.5 Å². The zero-order valence-corrected chi connectivity index (χ0v) is 15.8. The van der Waals surface area contributed by atoms with Crippen LogP contribution < -0.4 is 10.6 Å². The SMILES string of the molecule is CCC(CC)NC(=O)CSCC(=O)NCCC1CCCC1.S.[HH].[HH]. The van der Waals surface area contributed by atoms with Gasteiger partial charge in [0.15, 0.2) is 0 Å². The van der Waals surface area contributed by atoms with Crippen LogP contribution in [0.3, 0.4) is 0 Å². The van der Waals surface area contributed by atoms with E-state index in [1.54, 1.807) is 0 Å². The van der Waals surface area contributed by atoms with Gasteiger partial charge < -0.3 is 10.6 Å². The molecule has 0 spiro atoms. The molecule has 2 N–H and O–H groups in total. The molecule has 2 amide bonds. The molecule has 0 saturated heterocycles. The molecule has 0 unspecified atom stereocenters. The van der Waals surface area contributed by atoms with Gasteiger partial charge in [-0.1, -0.05) is 39.5 Å². The molecule has 0 aliphatic heterocycles. The van der Waals surface area contributed by atoms with Crippen LogP contribution in [-0.4, -0.2) is 35.9 Å². The second-order valence-corrected chi connectivity index (χ2v) is 6.85. The third kappa shape index (κ3) is 9.62. The van der Waals surface area contributed by atoms with Crippen molar-refractivity contribution in [2.75, 3.05) is 18.1 Å². The predicted octanol–water partition coefficient (Wildman–Crippen LogP) is 3.33. The number of amides is 2. The van der Waals surface area contributed by atoms with E-state index in [-0.39, 0.29) is 34.2 Å². The molecule has 0 aromatic rings. The van der Waals surface area contributed by atoms with E-state index in [1.807, 2.05) is 0 Å². The smallest absolute Gasteiger partial charge is 0.230 e. The van der Waals surface area contributed by atoms with Crippen LogP contribution in [-0.2, 0) is 9.59 Å². The van der Waals surface area contributed by atoms with Crippen LogP contribution in [0.1, 0.15) is 61.6 Å². The zero-order valence-electron chi connectivity index (χ0n) is 14.0. The monoisotopic (exact) mass is 352 g/mol. The van der Waals surface area contributed by atoms with Gasteiger partial charge in [0.1, 0.15) is 0 Å². The summed E-state index contributed by atoms with van der Waals surface area (Å²) in [7, 11) is 0. The topological polar surface area (TPSA) is 58.2 Å². The normalized spacial score (nSPS) is 14.7. The summed E-state index contributed by atoms with van der Waals surface area (Å²) in [5, 5.41) is 5.93. The maximum absolute atomic E-state index is 11.7. The average Bonchev–Trinajstić information content (AvgIpc) is 2.98. The highest BCUT2D eigenvalue weighted by Crippen LogP contribution is 2.26.